The first-order valence-corrected chi connectivity index (χ1v) is 7.00. The molecule has 0 unspecified atom stereocenters. The third-order valence-electron chi connectivity index (χ3n) is 3.41. The number of nitriles is 1. The fraction of sp³-hybridized carbons (Fsp3) is 0.500. The van der Waals surface area contributed by atoms with Crippen molar-refractivity contribution in [2.75, 3.05) is 37.6 Å². The van der Waals surface area contributed by atoms with Crippen LogP contribution >= 0.6 is 11.6 Å². The smallest absolute Gasteiger partial charge is 0.369 e. The van der Waals surface area contributed by atoms with Gasteiger partial charge >= 0.3 is 6.18 Å². The molecule has 1 aromatic rings. The molecule has 3 nitrogen and oxygen atoms in total. The predicted molar refractivity (Wildman–Crippen MR) is 75.5 cm³/mol. The highest BCUT2D eigenvalue weighted by Gasteiger charge is 2.31. The van der Waals surface area contributed by atoms with Crippen molar-refractivity contribution in [2.24, 2.45) is 0 Å². The lowest BCUT2D eigenvalue weighted by Gasteiger charge is -2.25. The van der Waals surface area contributed by atoms with Crippen LogP contribution in [0.1, 0.15) is 12.0 Å². The van der Waals surface area contributed by atoms with Crippen molar-refractivity contribution in [3.05, 3.63) is 28.8 Å². The normalized spacial score (nSPS) is 17.4. The van der Waals surface area contributed by atoms with E-state index in [0.29, 0.717) is 43.2 Å². The van der Waals surface area contributed by atoms with E-state index in [1.54, 1.807) is 18.2 Å². The number of benzene rings is 1. The van der Waals surface area contributed by atoms with Crippen LogP contribution in [0.5, 0.6) is 0 Å². The van der Waals surface area contributed by atoms with Gasteiger partial charge in [-0.25, -0.2) is 0 Å². The Balaban J connectivity index is 2.08. The quantitative estimate of drug-likeness (QED) is 0.838. The second-order valence-corrected chi connectivity index (χ2v) is 5.44. The Bertz CT molecular complexity index is 539. The lowest BCUT2D eigenvalue weighted by molar-refractivity contribution is -0.145. The zero-order valence-electron chi connectivity index (χ0n) is 11.3. The number of nitrogens with zero attached hydrogens (tertiary/aromatic N) is 3. The van der Waals surface area contributed by atoms with Gasteiger partial charge in [0.2, 0.25) is 0 Å². The van der Waals surface area contributed by atoms with E-state index in [1.807, 2.05) is 4.90 Å². The van der Waals surface area contributed by atoms with Gasteiger partial charge in [0.05, 0.1) is 17.8 Å². The molecule has 1 heterocycles. The number of rotatable bonds is 2. The van der Waals surface area contributed by atoms with Crippen molar-refractivity contribution in [3.8, 4) is 6.07 Å². The van der Waals surface area contributed by atoms with Gasteiger partial charge in [-0.3, -0.25) is 4.90 Å². The number of hydrogen-bond acceptors (Lipinski definition) is 3. The van der Waals surface area contributed by atoms with Crippen LogP contribution in [-0.4, -0.2) is 43.8 Å². The summed E-state index contributed by atoms with van der Waals surface area (Å²) in [6.45, 7) is 0.947. The van der Waals surface area contributed by atoms with Crippen LogP contribution in [0, 0.1) is 11.3 Å². The number of hydrogen-bond donors (Lipinski definition) is 0. The Labute approximate surface area is 126 Å². The molecule has 7 heteroatoms. The lowest BCUT2D eigenvalue weighted by atomic mass is 10.1. The number of alkyl halides is 3. The van der Waals surface area contributed by atoms with Crippen LogP contribution in [0.15, 0.2) is 18.2 Å². The Morgan fingerprint density at radius 1 is 1.19 bits per heavy atom. The molecule has 0 spiro atoms. The van der Waals surface area contributed by atoms with Crippen LogP contribution in [0.2, 0.25) is 5.02 Å². The molecule has 1 fully saturated rings. The Morgan fingerprint density at radius 2 is 1.95 bits per heavy atom. The monoisotopic (exact) mass is 317 g/mol. The van der Waals surface area contributed by atoms with Gasteiger partial charge in [0.25, 0.3) is 0 Å². The van der Waals surface area contributed by atoms with Crippen LogP contribution in [0.4, 0.5) is 18.9 Å². The largest absolute Gasteiger partial charge is 0.401 e. The van der Waals surface area contributed by atoms with Crippen molar-refractivity contribution in [3.63, 3.8) is 0 Å². The zero-order valence-corrected chi connectivity index (χ0v) is 12.1. The van der Waals surface area contributed by atoms with Crippen LogP contribution in [0.25, 0.3) is 0 Å². The van der Waals surface area contributed by atoms with Gasteiger partial charge in [-0.1, -0.05) is 11.6 Å². The molecule has 0 amide bonds. The maximum absolute atomic E-state index is 12.4. The average Bonchev–Trinajstić information content (AvgIpc) is 2.62. The van der Waals surface area contributed by atoms with E-state index in [2.05, 4.69) is 6.07 Å². The highest BCUT2D eigenvalue weighted by atomic mass is 35.5. The first-order valence-electron chi connectivity index (χ1n) is 6.63. The first-order chi connectivity index (χ1) is 9.89. The Morgan fingerprint density at radius 3 is 2.62 bits per heavy atom. The second kappa shape index (κ2) is 6.54. The van der Waals surface area contributed by atoms with Gasteiger partial charge in [-0.2, -0.15) is 18.4 Å². The van der Waals surface area contributed by atoms with Crippen molar-refractivity contribution < 1.29 is 13.2 Å². The number of anilines is 1. The first kappa shape index (κ1) is 15.9. The summed E-state index contributed by atoms with van der Waals surface area (Å²) in [5.74, 6) is 0. The van der Waals surface area contributed by atoms with Gasteiger partial charge < -0.3 is 4.90 Å². The molecule has 1 aromatic carbocycles. The minimum absolute atomic E-state index is 0.326. The third kappa shape index (κ3) is 4.51. The van der Waals surface area contributed by atoms with Gasteiger partial charge in [-0.05, 0) is 24.6 Å². The molecule has 1 saturated heterocycles. The Hall–Kier alpha value is -1.45. The van der Waals surface area contributed by atoms with Crippen LogP contribution < -0.4 is 4.90 Å². The minimum atomic E-state index is -4.17. The fourth-order valence-electron chi connectivity index (χ4n) is 2.50. The van der Waals surface area contributed by atoms with Gasteiger partial charge in [0.15, 0.2) is 0 Å². The molecule has 21 heavy (non-hydrogen) atoms. The van der Waals surface area contributed by atoms with Gasteiger partial charge in [0, 0.05) is 31.2 Å². The van der Waals surface area contributed by atoms with E-state index >= 15 is 0 Å². The van der Waals surface area contributed by atoms with Crippen molar-refractivity contribution in [2.45, 2.75) is 12.6 Å². The molecule has 2 rings (SSSR count). The summed E-state index contributed by atoms with van der Waals surface area (Å²) in [5, 5.41) is 9.63. The van der Waals surface area contributed by atoms with Gasteiger partial charge in [0.1, 0.15) is 6.07 Å². The molecule has 0 saturated carbocycles. The van der Waals surface area contributed by atoms with Crippen molar-refractivity contribution >= 4 is 17.3 Å². The summed E-state index contributed by atoms with van der Waals surface area (Å²) in [6, 6.07) is 7.10. The number of halogens is 4. The van der Waals surface area contributed by atoms with E-state index in [-0.39, 0.29) is 0 Å². The standard InChI is InChI=1S/C14H15ClF3N3/c15-12-2-3-13(11(8-12)9-19)21-5-1-4-20(6-7-21)10-14(16,17)18/h2-3,8H,1,4-7,10H2. The summed E-state index contributed by atoms with van der Waals surface area (Å²) in [6.07, 6.45) is -3.54. The lowest BCUT2D eigenvalue weighted by Crippen LogP contribution is -2.37. The fourth-order valence-corrected chi connectivity index (χ4v) is 2.67. The van der Waals surface area contributed by atoms with Crippen molar-refractivity contribution in [1.82, 2.24) is 4.90 Å². The maximum atomic E-state index is 12.4. The molecule has 0 aromatic heterocycles. The highest BCUT2D eigenvalue weighted by Crippen LogP contribution is 2.25. The minimum Gasteiger partial charge on any atom is -0.369 e. The van der Waals surface area contributed by atoms with E-state index in [0.717, 1.165) is 5.69 Å². The predicted octanol–water partition coefficient (Wildman–Crippen LogP) is 3.29. The molecule has 0 bridgehead atoms. The zero-order chi connectivity index (χ0) is 15.5. The molecule has 0 atom stereocenters. The molecule has 0 radical (unpaired) electrons. The summed E-state index contributed by atoms with van der Waals surface area (Å²) in [5.41, 5.74) is 1.18. The SMILES string of the molecule is N#Cc1cc(Cl)ccc1N1CCCN(CC(F)(F)F)CC1. The molecular formula is C14H15ClF3N3. The topological polar surface area (TPSA) is 30.3 Å². The summed E-state index contributed by atoms with van der Waals surface area (Å²) in [7, 11) is 0. The van der Waals surface area contributed by atoms with E-state index in [9.17, 15) is 13.2 Å². The van der Waals surface area contributed by atoms with Crippen molar-refractivity contribution in [1.29, 1.82) is 5.26 Å². The van der Waals surface area contributed by atoms with E-state index in [4.69, 9.17) is 16.9 Å². The highest BCUT2D eigenvalue weighted by molar-refractivity contribution is 6.30. The second-order valence-electron chi connectivity index (χ2n) is 5.01. The molecule has 1 aliphatic rings. The maximum Gasteiger partial charge on any atom is 0.401 e. The molecule has 114 valence electrons. The van der Waals surface area contributed by atoms with Gasteiger partial charge in [-0.15, -0.1) is 0 Å². The van der Waals surface area contributed by atoms with Crippen LogP contribution in [0.3, 0.4) is 0 Å². The average molecular weight is 318 g/mol. The summed E-state index contributed by atoms with van der Waals surface area (Å²) in [4.78, 5) is 3.35. The Kier molecular flexibility index (Phi) is 4.96. The molecule has 1 aliphatic heterocycles. The molecule has 0 N–H and O–H groups in total. The van der Waals surface area contributed by atoms with E-state index in [1.165, 1.54) is 4.90 Å². The summed E-state index contributed by atoms with van der Waals surface area (Å²) >= 11 is 5.86. The summed E-state index contributed by atoms with van der Waals surface area (Å²) < 4.78 is 37.3. The molecular weight excluding hydrogens is 303 g/mol. The van der Waals surface area contributed by atoms with Crippen LogP contribution in [-0.2, 0) is 0 Å². The molecule has 0 aliphatic carbocycles. The van der Waals surface area contributed by atoms with E-state index < -0.39 is 12.7 Å². The third-order valence-corrected chi connectivity index (χ3v) is 3.65.